The van der Waals surface area contributed by atoms with E-state index in [0.29, 0.717) is 22.7 Å². The lowest BCUT2D eigenvalue weighted by atomic mass is 10.0. The van der Waals surface area contributed by atoms with Crippen LogP contribution in [0.5, 0.6) is 0 Å². The van der Waals surface area contributed by atoms with E-state index in [1.165, 1.54) is 0 Å². The van der Waals surface area contributed by atoms with Crippen molar-refractivity contribution < 1.29 is 13.2 Å². The SMILES string of the molecule is Cc1cc(C(Br)c2c(F)cc(F)cc2F)ccc1Cl. The zero-order valence-electron chi connectivity index (χ0n) is 9.85. The average Bonchev–Trinajstić information content (AvgIpc) is 2.31. The van der Waals surface area contributed by atoms with Crippen LogP contribution in [0.3, 0.4) is 0 Å². The van der Waals surface area contributed by atoms with E-state index in [0.717, 1.165) is 5.56 Å². The lowest BCUT2D eigenvalue weighted by Gasteiger charge is -2.14. The zero-order chi connectivity index (χ0) is 14.2. The molecule has 0 saturated carbocycles. The molecular formula is C14H9BrClF3. The number of alkyl halides is 1. The summed E-state index contributed by atoms with van der Waals surface area (Å²) in [6.45, 7) is 1.79. The van der Waals surface area contributed by atoms with Crippen molar-refractivity contribution in [3.63, 3.8) is 0 Å². The van der Waals surface area contributed by atoms with E-state index < -0.39 is 22.3 Å². The molecule has 0 heterocycles. The summed E-state index contributed by atoms with van der Waals surface area (Å²) in [5.74, 6) is -2.79. The third-order valence-corrected chi connectivity index (χ3v) is 4.18. The summed E-state index contributed by atoms with van der Waals surface area (Å²) in [4.78, 5) is -0.705. The van der Waals surface area contributed by atoms with Gasteiger partial charge in [0.15, 0.2) is 0 Å². The smallest absolute Gasteiger partial charge is 0.133 e. The van der Waals surface area contributed by atoms with Gasteiger partial charge in [0.1, 0.15) is 17.5 Å². The second-order valence-corrected chi connectivity index (χ2v) is 5.48. The molecule has 2 aromatic carbocycles. The highest BCUT2D eigenvalue weighted by molar-refractivity contribution is 9.09. The largest absolute Gasteiger partial charge is 0.207 e. The van der Waals surface area contributed by atoms with Crippen molar-refractivity contribution in [2.75, 3.05) is 0 Å². The highest BCUT2D eigenvalue weighted by atomic mass is 79.9. The van der Waals surface area contributed by atoms with Gasteiger partial charge in [0.2, 0.25) is 0 Å². The van der Waals surface area contributed by atoms with Gasteiger partial charge in [-0.2, -0.15) is 0 Å². The molecule has 2 rings (SSSR count). The third kappa shape index (κ3) is 2.95. The van der Waals surface area contributed by atoms with Crippen molar-refractivity contribution in [2.45, 2.75) is 11.8 Å². The molecule has 0 spiro atoms. The first-order valence-corrected chi connectivity index (χ1v) is 6.74. The molecule has 0 aliphatic carbocycles. The molecule has 100 valence electrons. The van der Waals surface area contributed by atoms with Crippen LogP contribution in [-0.2, 0) is 0 Å². The number of aryl methyl sites for hydroxylation is 1. The van der Waals surface area contributed by atoms with Crippen LogP contribution in [0.4, 0.5) is 13.2 Å². The van der Waals surface area contributed by atoms with Gasteiger partial charge < -0.3 is 0 Å². The molecule has 0 radical (unpaired) electrons. The van der Waals surface area contributed by atoms with Crippen LogP contribution >= 0.6 is 27.5 Å². The fourth-order valence-corrected chi connectivity index (χ4v) is 2.63. The number of hydrogen-bond donors (Lipinski definition) is 0. The number of benzene rings is 2. The highest BCUT2D eigenvalue weighted by Gasteiger charge is 2.21. The molecule has 0 nitrogen and oxygen atoms in total. The molecule has 1 atom stereocenters. The molecule has 0 saturated heterocycles. The van der Waals surface area contributed by atoms with Crippen molar-refractivity contribution in [3.05, 3.63) is 69.5 Å². The van der Waals surface area contributed by atoms with Crippen LogP contribution in [0.25, 0.3) is 0 Å². The molecule has 0 amide bonds. The van der Waals surface area contributed by atoms with Gasteiger partial charge in [-0.1, -0.05) is 39.7 Å². The Bertz CT molecular complexity index is 605. The van der Waals surface area contributed by atoms with Gasteiger partial charge in [-0.3, -0.25) is 0 Å². The Hall–Kier alpha value is -1.00. The van der Waals surface area contributed by atoms with Crippen molar-refractivity contribution >= 4 is 27.5 Å². The van der Waals surface area contributed by atoms with Crippen LogP contribution in [-0.4, -0.2) is 0 Å². The van der Waals surface area contributed by atoms with Gasteiger partial charge in [0.05, 0.1) is 4.83 Å². The first-order chi connectivity index (χ1) is 8.90. The van der Waals surface area contributed by atoms with Crippen LogP contribution in [0.1, 0.15) is 21.5 Å². The standard InChI is InChI=1S/C14H9BrClF3/c1-7-4-8(2-3-10(7)16)14(15)13-11(18)5-9(17)6-12(13)19/h2-6,14H,1H3. The first-order valence-electron chi connectivity index (χ1n) is 5.44. The lowest BCUT2D eigenvalue weighted by molar-refractivity contribution is 0.527. The number of rotatable bonds is 2. The summed E-state index contributed by atoms with van der Waals surface area (Å²) in [5, 5.41) is 0.573. The zero-order valence-corrected chi connectivity index (χ0v) is 12.2. The fraction of sp³-hybridized carbons (Fsp3) is 0.143. The minimum Gasteiger partial charge on any atom is -0.207 e. The van der Waals surface area contributed by atoms with Gasteiger partial charge in [-0.15, -0.1) is 0 Å². The average molecular weight is 350 g/mol. The molecule has 0 aliphatic rings. The van der Waals surface area contributed by atoms with E-state index in [9.17, 15) is 13.2 Å². The summed E-state index contributed by atoms with van der Waals surface area (Å²) in [6.07, 6.45) is 0. The van der Waals surface area contributed by atoms with Gasteiger partial charge in [0.25, 0.3) is 0 Å². The summed E-state index contributed by atoms with van der Waals surface area (Å²) >= 11 is 9.14. The maximum Gasteiger partial charge on any atom is 0.133 e. The summed E-state index contributed by atoms with van der Waals surface area (Å²) in [7, 11) is 0. The molecule has 0 N–H and O–H groups in total. The second kappa shape index (κ2) is 5.55. The van der Waals surface area contributed by atoms with Gasteiger partial charge in [-0.25, -0.2) is 13.2 Å². The Labute approximate surface area is 122 Å². The third-order valence-electron chi connectivity index (χ3n) is 2.77. The number of halogens is 5. The molecule has 5 heteroatoms. The normalized spacial score (nSPS) is 12.5. The Morgan fingerprint density at radius 1 is 1.05 bits per heavy atom. The van der Waals surface area contributed by atoms with Crippen LogP contribution in [0.2, 0.25) is 5.02 Å². The number of hydrogen-bond acceptors (Lipinski definition) is 0. The molecule has 0 bridgehead atoms. The maximum absolute atomic E-state index is 13.7. The second-order valence-electron chi connectivity index (χ2n) is 4.15. The van der Waals surface area contributed by atoms with Crippen molar-refractivity contribution in [1.29, 1.82) is 0 Å². The minimum atomic E-state index is -0.939. The van der Waals surface area contributed by atoms with Gasteiger partial charge >= 0.3 is 0 Å². The minimum absolute atomic E-state index is 0.219. The van der Waals surface area contributed by atoms with Crippen LogP contribution in [0.15, 0.2) is 30.3 Å². The Morgan fingerprint density at radius 3 is 2.16 bits per heavy atom. The summed E-state index contributed by atoms with van der Waals surface area (Å²) in [5.41, 5.74) is 1.22. The molecular weight excluding hydrogens is 341 g/mol. The quantitative estimate of drug-likeness (QED) is 0.624. The molecule has 2 aromatic rings. The molecule has 0 aliphatic heterocycles. The first kappa shape index (κ1) is 14.4. The summed E-state index contributed by atoms with van der Waals surface area (Å²) < 4.78 is 40.3. The van der Waals surface area contributed by atoms with E-state index in [-0.39, 0.29) is 5.56 Å². The van der Waals surface area contributed by atoms with E-state index in [2.05, 4.69) is 15.9 Å². The van der Waals surface area contributed by atoms with E-state index in [1.54, 1.807) is 25.1 Å². The van der Waals surface area contributed by atoms with Crippen molar-refractivity contribution in [1.82, 2.24) is 0 Å². The lowest BCUT2D eigenvalue weighted by Crippen LogP contribution is -2.02. The molecule has 0 fully saturated rings. The Morgan fingerprint density at radius 2 is 1.63 bits per heavy atom. The monoisotopic (exact) mass is 348 g/mol. The topological polar surface area (TPSA) is 0 Å². The summed E-state index contributed by atoms with van der Waals surface area (Å²) in [6, 6.07) is 6.37. The van der Waals surface area contributed by atoms with Crippen LogP contribution < -0.4 is 0 Å². The van der Waals surface area contributed by atoms with Gasteiger partial charge in [-0.05, 0) is 24.1 Å². The van der Waals surface area contributed by atoms with Crippen LogP contribution in [0, 0.1) is 24.4 Å². The predicted molar refractivity (Wildman–Crippen MR) is 73.3 cm³/mol. The fourth-order valence-electron chi connectivity index (χ4n) is 1.79. The maximum atomic E-state index is 13.7. The molecule has 1 unspecified atom stereocenters. The van der Waals surface area contributed by atoms with Crippen molar-refractivity contribution in [2.24, 2.45) is 0 Å². The predicted octanol–water partition coefficient (Wildman–Crippen LogP) is 5.55. The van der Waals surface area contributed by atoms with E-state index >= 15 is 0 Å². The van der Waals surface area contributed by atoms with Gasteiger partial charge in [0, 0.05) is 22.7 Å². The highest BCUT2D eigenvalue weighted by Crippen LogP contribution is 2.35. The van der Waals surface area contributed by atoms with E-state index in [4.69, 9.17) is 11.6 Å². The van der Waals surface area contributed by atoms with Crippen molar-refractivity contribution in [3.8, 4) is 0 Å². The Kier molecular flexibility index (Phi) is 4.21. The Balaban J connectivity index is 2.49. The molecule has 0 aromatic heterocycles. The van der Waals surface area contributed by atoms with E-state index in [1.807, 2.05) is 0 Å². The molecule has 19 heavy (non-hydrogen) atoms.